The molecule has 1 saturated heterocycles. The van der Waals surface area contributed by atoms with Crippen LogP contribution in [0.2, 0.25) is 0 Å². The van der Waals surface area contributed by atoms with Gasteiger partial charge >= 0.3 is 0 Å². The lowest BCUT2D eigenvalue weighted by Gasteiger charge is -2.11. The van der Waals surface area contributed by atoms with E-state index in [9.17, 15) is 4.79 Å². The maximum Gasteiger partial charge on any atom is 0.224 e. The van der Waals surface area contributed by atoms with Crippen molar-refractivity contribution in [2.24, 2.45) is 0 Å². The molecular formula is C20H22N2O. The molecular weight excluding hydrogens is 284 g/mol. The minimum absolute atomic E-state index is 0.120. The summed E-state index contributed by atoms with van der Waals surface area (Å²) in [6.45, 7) is 1.09. The van der Waals surface area contributed by atoms with Gasteiger partial charge in [0.2, 0.25) is 5.91 Å². The van der Waals surface area contributed by atoms with Gasteiger partial charge in [0, 0.05) is 18.2 Å². The summed E-state index contributed by atoms with van der Waals surface area (Å²) in [7, 11) is 0. The Morgan fingerprint density at radius 2 is 2.00 bits per heavy atom. The first-order chi connectivity index (χ1) is 11.3. The van der Waals surface area contributed by atoms with E-state index in [1.165, 1.54) is 35.1 Å². The molecule has 1 atom stereocenters. The summed E-state index contributed by atoms with van der Waals surface area (Å²) in [6, 6.07) is 15.3. The zero-order valence-electron chi connectivity index (χ0n) is 13.3. The number of rotatable bonds is 4. The Morgan fingerprint density at radius 1 is 1.13 bits per heavy atom. The van der Waals surface area contributed by atoms with Crippen molar-refractivity contribution in [2.45, 2.75) is 38.1 Å². The lowest BCUT2D eigenvalue weighted by molar-refractivity contribution is -0.116. The molecule has 2 N–H and O–H groups in total. The summed E-state index contributed by atoms with van der Waals surface area (Å²) < 4.78 is 0. The van der Waals surface area contributed by atoms with E-state index in [-0.39, 0.29) is 5.91 Å². The molecule has 0 spiro atoms. The highest BCUT2D eigenvalue weighted by Crippen LogP contribution is 2.37. The maximum atomic E-state index is 12.1. The van der Waals surface area contributed by atoms with Crippen LogP contribution in [0, 0.1) is 0 Å². The summed E-state index contributed by atoms with van der Waals surface area (Å²) in [4.78, 5) is 12.1. The standard InChI is InChI=1S/C20H22N2O/c23-20(10-8-16-5-3-11-21-16)22-17-7-9-19-15(13-17)12-14-4-1-2-6-18(14)19/h1-2,4,6-7,9,13,16,21H,3,5,8,10-12H2,(H,22,23). The SMILES string of the molecule is O=C(CCC1CCCN1)Nc1ccc2c(c1)Cc1ccccc1-2. The molecule has 3 nitrogen and oxygen atoms in total. The second kappa shape index (κ2) is 6.17. The van der Waals surface area contributed by atoms with Crippen molar-refractivity contribution >= 4 is 11.6 Å². The molecule has 0 aromatic heterocycles. The van der Waals surface area contributed by atoms with Crippen molar-refractivity contribution in [2.75, 3.05) is 11.9 Å². The van der Waals surface area contributed by atoms with Gasteiger partial charge in [-0.25, -0.2) is 0 Å². The van der Waals surface area contributed by atoms with E-state index in [1.54, 1.807) is 0 Å². The number of nitrogens with one attached hydrogen (secondary N) is 2. The van der Waals surface area contributed by atoms with Crippen LogP contribution in [0.5, 0.6) is 0 Å². The van der Waals surface area contributed by atoms with Gasteiger partial charge in [-0.1, -0.05) is 30.3 Å². The minimum atomic E-state index is 0.120. The lowest BCUT2D eigenvalue weighted by atomic mass is 10.1. The van der Waals surface area contributed by atoms with Gasteiger partial charge < -0.3 is 10.6 Å². The summed E-state index contributed by atoms with van der Waals surface area (Å²) >= 11 is 0. The van der Waals surface area contributed by atoms with Crippen LogP contribution in [0.25, 0.3) is 11.1 Å². The van der Waals surface area contributed by atoms with Crippen molar-refractivity contribution in [3.63, 3.8) is 0 Å². The fourth-order valence-corrected chi connectivity index (χ4v) is 3.75. The van der Waals surface area contributed by atoms with Gasteiger partial charge in [0.1, 0.15) is 0 Å². The lowest BCUT2D eigenvalue weighted by Crippen LogP contribution is -2.23. The molecule has 2 aliphatic rings. The fraction of sp³-hybridized carbons (Fsp3) is 0.350. The van der Waals surface area contributed by atoms with Crippen LogP contribution in [-0.4, -0.2) is 18.5 Å². The van der Waals surface area contributed by atoms with Gasteiger partial charge in [-0.3, -0.25) is 4.79 Å². The van der Waals surface area contributed by atoms with Crippen LogP contribution in [0.3, 0.4) is 0 Å². The quantitative estimate of drug-likeness (QED) is 0.771. The van der Waals surface area contributed by atoms with Gasteiger partial charge in [0.15, 0.2) is 0 Å². The molecule has 1 aliphatic heterocycles. The maximum absolute atomic E-state index is 12.1. The number of carbonyl (C=O) groups is 1. The predicted molar refractivity (Wildman–Crippen MR) is 93.6 cm³/mol. The number of benzene rings is 2. The number of fused-ring (bicyclic) bond motifs is 3. The average Bonchev–Trinajstić information content (AvgIpc) is 3.20. The molecule has 2 aromatic carbocycles. The Bertz CT molecular complexity index is 732. The number of hydrogen-bond acceptors (Lipinski definition) is 2. The average molecular weight is 306 g/mol. The monoisotopic (exact) mass is 306 g/mol. The Kier molecular flexibility index (Phi) is 3.88. The summed E-state index contributed by atoms with van der Waals surface area (Å²) in [5, 5.41) is 6.50. The molecule has 0 saturated carbocycles. The van der Waals surface area contributed by atoms with Gasteiger partial charge in [-0.15, -0.1) is 0 Å². The molecule has 1 aliphatic carbocycles. The van der Waals surface area contributed by atoms with Crippen molar-refractivity contribution in [3.8, 4) is 11.1 Å². The minimum Gasteiger partial charge on any atom is -0.326 e. The third-order valence-corrected chi connectivity index (χ3v) is 4.96. The van der Waals surface area contributed by atoms with Crippen LogP contribution in [0.1, 0.15) is 36.8 Å². The summed E-state index contributed by atoms with van der Waals surface area (Å²) in [5.41, 5.74) is 6.22. The van der Waals surface area contributed by atoms with E-state index >= 15 is 0 Å². The Labute approximate surface area is 137 Å². The first-order valence-electron chi connectivity index (χ1n) is 8.54. The molecule has 23 heavy (non-hydrogen) atoms. The molecule has 1 unspecified atom stereocenters. The first-order valence-corrected chi connectivity index (χ1v) is 8.54. The Hall–Kier alpha value is -2.13. The molecule has 0 radical (unpaired) electrons. The zero-order valence-corrected chi connectivity index (χ0v) is 13.3. The van der Waals surface area contributed by atoms with Gasteiger partial charge in [0.25, 0.3) is 0 Å². The van der Waals surface area contributed by atoms with E-state index in [0.29, 0.717) is 12.5 Å². The molecule has 0 bridgehead atoms. The van der Waals surface area contributed by atoms with E-state index in [0.717, 1.165) is 25.1 Å². The van der Waals surface area contributed by atoms with E-state index in [2.05, 4.69) is 47.0 Å². The van der Waals surface area contributed by atoms with E-state index in [4.69, 9.17) is 0 Å². The van der Waals surface area contributed by atoms with Crippen LogP contribution >= 0.6 is 0 Å². The number of anilines is 1. The second-order valence-corrected chi connectivity index (χ2v) is 6.59. The Morgan fingerprint density at radius 3 is 2.87 bits per heavy atom. The number of carbonyl (C=O) groups excluding carboxylic acids is 1. The molecule has 1 amide bonds. The van der Waals surface area contributed by atoms with Crippen LogP contribution < -0.4 is 10.6 Å². The highest BCUT2D eigenvalue weighted by Gasteiger charge is 2.19. The van der Waals surface area contributed by atoms with Gasteiger partial charge in [-0.2, -0.15) is 0 Å². The molecule has 118 valence electrons. The van der Waals surface area contributed by atoms with Crippen molar-refractivity contribution in [3.05, 3.63) is 53.6 Å². The summed E-state index contributed by atoms with van der Waals surface area (Å²) in [5.74, 6) is 0.120. The summed E-state index contributed by atoms with van der Waals surface area (Å²) in [6.07, 6.45) is 4.92. The third-order valence-electron chi connectivity index (χ3n) is 4.96. The second-order valence-electron chi connectivity index (χ2n) is 6.59. The van der Waals surface area contributed by atoms with E-state index in [1.807, 2.05) is 6.07 Å². The largest absolute Gasteiger partial charge is 0.326 e. The topological polar surface area (TPSA) is 41.1 Å². The number of hydrogen-bond donors (Lipinski definition) is 2. The molecule has 2 aromatic rings. The third kappa shape index (κ3) is 3.02. The highest BCUT2D eigenvalue weighted by atomic mass is 16.1. The highest BCUT2D eigenvalue weighted by molar-refractivity contribution is 5.91. The first kappa shape index (κ1) is 14.5. The predicted octanol–water partition coefficient (Wildman–Crippen LogP) is 3.73. The van der Waals surface area contributed by atoms with Crippen molar-refractivity contribution in [1.82, 2.24) is 5.32 Å². The van der Waals surface area contributed by atoms with Crippen molar-refractivity contribution in [1.29, 1.82) is 0 Å². The molecule has 1 heterocycles. The van der Waals surface area contributed by atoms with E-state index < -0.39 is 0 Å². The normalized spacial score (nSPS) is 18.5. The van der Waals surface area contributed by atoms with Crippen molar-refractivity contribution < 1.29 is 4.79 Å². The smallest absolute Gasteiger partial charge is 0.224 e. The van der Waals surface area contributed by atoms with Gasteiger partial charge in [-0.05, 0) is 66.6 Å². The van der Waals surface area contributed by atoms with Crippen LogP contribution in [0.15, 0.2) is 42.5 Å². The van der Waals surface area contributed by atoms with Gasteiger partial charge in [0.05, 0.1) is 0 Å². The fourth-order valence-electron chi connectivity index (χ4n) is 3.75. The zero-order chi connectivity index (χ0) is 15.6. The van der Waals surface area contributed by atoms with Crippen LogP contribution in [0.4, 0.5) is 5.69 Å². The Balaban J connectivity index is 1.41. The molecule has 1 fully saturated rings. The molecule has 4 rings (SSSR count). The molecule has 3 heteroatoms. The number of amides is 1. The van der Waals surface area contributed by atoms with Crippen LogP contribution in [-0.2, 0) is 11.2 Å².